The Balaban J connectivity index is 1.52. The third-order valence-corrected chi connectivity index (χ3v) is 6.12. The van der Waals surface area contributed by atoms with E-state index in [9.17, 15) is 4.79 Å². The Morgan fingerprint density at radius 1 is 0.967 bits per heavy atom. The van der Waals surface area contributed by atoms with Crippen molar-refractivity contribution < 1.29 is 9.53 Å². The third-order valence-electron chi connectivity index (χ3n) is 4.74. The molecule has 3 aromatic carbocycles. The van der Waals surface area contributed by atoms with E-state index >= 15 is 0 Å². The lowest BCUT2D eigenvalue weighted by Crippen LogP contribution is -2.27. The standard InChI is InChI=1S/C25H21NO2S2/c1-18-8-7-11-20(14-18)17-28-22-13-6-5-12-21(22)15-23-24(27)26(25(29)30-23)16-19-9-3-2-4-10-19/h2-15H,16-17H2,1H3/b23-15+. The van der Waals surface area contributed by atoms with Crippen molar-refractivity contribution >= 4 is 40.3 Å². The summed E-state index contributed by atoms with van der Waals surface area (Å²) in [6, 6.07) is 25.9. The van der Waals surface area contributed by atoms with Crippen LogP contribution >= 0.6 is 24.0 Å². The van der Waals surface area contributed by atoms with Gasteiger partial charge < -0.3 is 4.74 Å². The number of para-hydroxylation sites is 1. The van der Waals surface area contributed by atoms with Crippen molar-refractivity contribution in [3.63, 3.8) is 0 Å². The molecule has 0 saturated carbocycles. The van der Waals surface area contributed by atoms with E-state index in [0.29, 0.717) is 22.4 Å². The topological polar surface area (TPSA) is 29.5 Å². The molecule has 0 bridgehead atoms. The van der Waals surface area contributed by atoms with Gasteiger partial charge in [-0.1, -0.05) is 102 Å². The number of nitrogens with zero attached hydrogens (tertiary/aromatic N) is 1. The monoisotopic (exact) mass is 431 g/mol. The van der Waals surface area contributed by atoms with Gasteiger partial charge in [0.2, 0.25) is 0 Å². The van der Waals surface area contributed by atoms with Gasteiger partial charge in [0.25, 0.3) is 5.91 Å². The highest BCUT2D eigenvalue weighted by Crippen LogP contribution is 2.35. The third kappa shape index (κ3) is 4.81. The van der Waals surface area contributed by atoms with Gasteiger partial charge in [-0.15, -0.1) is 0 Å². The molecule has 0 unspecified atom stereocenters. The molecular formula is C25H21NO2S2. The van der Waals surface area contributed by atoms with Crippen molar-refractivity contribution in [3.05, 3.63) is 106 Å². The largest absolute Gasteiger partial charge is 0.488 e. The maximum Gasteiger partial charge on any atom is 0.266 e. The molecule has 0 atom stereocenters. The van der Waals surface area contributed by atoms with Gasteiger partial charge in [-0.05, 0) is 30.2 Å². The SMILES string of the molecule is Cc1cccc(COc2ccccc2/C=C2/SC(=S)N(Cc3ccccc3)C2=O)c1. The van der Waals surface area contributed by atoms with Crippen molar-refractivity contribution in [1.29, 1.82) is 0 Å². The van der Waals surface area contributed by atoms with Crippen LogP contribution < -0.4 is 4.74 Å². The summed E-state index contributed by atoms with van der Waals surface area (Å²) in [5.41, 5.74) is 4.23. The van der Waals surface area contributed by atoms with Crippen LogP contribution in [0.1, 0.15) is 22.3 Å². The van der Waals surface area contributed by atoms with Gasteiger partial charge in [0, 0.05) is 5.56 Å². The first-order valence-corrected chi connectivity index (χ1v) is 10.9. The van der Waals surface area contributed by atoms with Gasteiger partial charge >= 0.3 is 0 Å². The number of hydrogen-bond donors (Lipinski definition) is 0. The van der Waals surface area contributed by atoms with E-state index in [1.165, 1.54) is 17.3 Å². The molecule has 1 aliphatic rings. The number of rotatable bonds is 6. The molecule has 0 radical (unpaired) electrons. The van der Waals surface area contributed by atoms with E-state index in [4.69, 9.17) is 17.0 Å². The summed E-state index contributed by atoms with van der Waals surface area (Å²) in [5, 5.41) is 0. The summed E-state index contributed by atoms with van der Waals surface area (Å²) < 4.78 is 6.64. The molecule has 3 aromatic rings. The first-order valence-electron chi connectivity index (χ1n) is 9.67. The van der Waals surface area contributed by atoms with Gasteiger partial charge in [0.05, 0.1) is 11.4 Å². The highest BCUT2D eigenvalue weighted by atomic mass is 32.2. The van der Waals surface area contributed by atoms with Crippen LogP contribution in [0.25, 0.3) is 6.08 Å². The fraction of sp³-hybridized carbons (Fsp3) is 0.120. The maximum atomic E-state index is 13.0. The summed E-state index contributed by atoms with van der Waals surface area (Å²) in [6.07, 6.45) is 1.87. The second-order valence-corrected chi connectivity index (χ2v) is 8.74. The van der Waals surface area contributed by atoms with Crippen LogP contribution in [-0.4, -0.2) is 15.1 Å². The molecule has 0 aliphatic carbocycles. The molecule has 5 heteroatoms. The van der Waals surface area contributed by atoms with Gasteiger partial charge in [-0.3, -0.25) is 9.69 Å². The Labute approximate surface area is 186 Å². The zero-order valence-corrected chi connectivity index (χ0v) is 18.2. The van der Waals surface area contributed by atoms with Gasteiger partial charge in [0.15, 0.2) is 0 Å². The number of ether oxygens (including phenoxy) is 1. The van der Waals surface area contributed by atoms with Crippen LogP contribution in [-0.2, 0) is 17.9 Å². The van der Waals surface area contributed by atoms with Crippen LogP contribution in [0.5, 0.6) is 5.75 Å². The lowest BCUT2D eigenvalue weighted by molar-refractivity contribution is -0.122. The Morgan fingerprint density at radius 2 is 1.70 bits per heavy atom. The van der Waals surface area contributed by atoms with Gasteiger partial charge in [-0.25, -0.2) is 0 Å². The number of hydrogen-bond acceptors (Lipinski definition) is 4. The van der Waals surface area contributed by atoms with E-state index < -0.39 is 0 Å². The molecular weight excluding hydrogens is 410 g/mol. The van der Waals surface area contributed by atoms with Crippen LogP contribution in [0.4, 0.5) is 0 Å². The predicted octanol–water partition coefficient (Wildman–Crippen LogP) is 5.98. The van der Waals surface area contributed by atoms with E-state index in [1.807, 2.05) is 72.8 Å². The minimum absolute atomic E-state index is 0.0673. The molecule has 0 N–H and O–H groups in total. The first kappa shape index (κ1) is 20.4. The molecule has 0 spiro atoms. The average molecular weight is 432 g/mol. The van der Waals surface area contributed by atoms with Crippen molar-refractivity contribution in [2.45, 2.75) is 20.1 Å². The predicted molar refractivity (Wildman–Crippen MR) is 127 cm³/mol. The van der Waals surface area contributed by atoms with Crippen LogP contribution in [0.3, 0.4) is 0 Å². The minimum Gasteiger partial charge on any atom is -0.488 e. The summed E-state index contributed by atoms with van der Waals surface area (Å²) >= 11 is 6.80. The second-order valence-electron chi connectivity index (χ2n) is 7.07. The van der Waals surface area contributed by atoms with Crippen LogP contribution in [0.2, 0.25) is 0 Å². The fourth-order valence-electron chi connectivity index (χ4n) is 3.24. The van der Waals surface area contributed by atoms with Gasteiger partial charge in [0.1, 0.15) is 16.7 Å². The molecule has 4 rings (SSSR count). The number of thioether (sulfide) groups is 1. The highest BCUT2D eigenvalue weighted by molar-refractivity contribution is 8.26. The van der Waals surface area contributed by atoms with Crippen molar-refractivity contribution in [3.8, 4) is 5.75 Å². The highest BCUT2D eigenvalue weighted by Gasteiger charge is 2.32. The van der Waals surface area contributed by atoms with E-state index in [-0.39, 0.29) is 5.91 Å². The molecule has 1 amide bonds. The molecule has 0 aromatic heterocycles. The van der Waals surface area contributed by atoms with Crippen molar-refractivity contribution in [2.75, 3.05) is 0 Å². The van der Waals surface area contributed by atoms with Crippen molar-refractivity contribution in [2.24, 2.45) is 0 Å². The summed E-state index contributed by atoms with van der Waals surface area (Å²) in [7, 11) is 0. The molecule has 1 saturated heterocycles. The van der Waals surface area contributed by atoms with Crippen LogP contribution in [0, 0.1) is 6.92 Å². The number of carbonyl (C=O) groups is 1. The zero-order valence-electron chi connectivity index (χ0n) is 16.6. The van der Waals surface area contributed by atoms with Crippen LogP contribution in [0.15, 0.2) is 83.8 Å². The first-order chi connectivity index (χ1) is 14.6. The molecule has 3 nitrogen and oxygen atoms in total. The Bertz CT molecular complexity index is 1110. The zero-order chi connectivity index (χ0) is 20.9. The second kappa shape index (κ2) is 9.28. The Hall–Kier alpha value is -2.89. The smallest absolute Gasteiger partial charge is 0.266 e. The van der Waals surface area contributed by atoms with Crippen molar-refractivity contribution in [1.82, 2.24) is 4.90 Å². The summed E-state index contributed by atoms with van der Waals surface area (Å²) in [4.78, 5) is 15.2. The number of thiocarbonyl (C=S) groups is 1. The molecule has 30 heavy (non-hydrogen) atoms. The molecule has 1 aliphatic heterocycles. The Morgan fingerprint density at radius 3 is 2.50 bits per heavy atom. The Kier molecular flexibility index (Phi) is 6.31. The lowest BCUT2D eigenvalue weighted by Gasteiger charge is -2.14. The minimum atomic E-state index is -0.0673. The molecule has 1 fully saturated rings. The van der Waals surface area contributed by atoms with Gasteiger partial charge in [-0.2, -0.15) is 0 Å². The molecule has 1 heterocycles. The average Bonchev–Trinajstić information content (AvgIpc) is 3.01. The van der Waals surface area contributed by atoms with E-state index in [1.54, 1.807) is 4.90 Å². The lowest BCUT2D eigenvalue weighted by atomic mass is 10.1. The maximum absolute atomic E-state index is 13.0. The quantitative estimate of drug-likeness (QED) is 0.355. The van der Waals surface area contributed by atoms with E-state index in [2.05, 4.69) is 19.1 Å². The number of amides is 1. The number of benzene rings is 3. The molecule has 150 valence electrons. The summed E-state index contributed by atoms with van der Waals surface area (Å²) in [5.74, 6) is 0.676. The van der Waals surface area contributed by atoms with E-state index in [0.717, 1.165) is 22.4 Å². The number of carbonyl (C=O) groups excluding carboxylic acids is 1. The fourth-order valence-corrected chi connectivity index (χ4v) is 4.48. The normalized spacial score (nSPS) is 15.1. The number of aryl methyl sites for hydroxylation is 1. The summed E-state index contributed by atoms with van der Waals surface area (Å²) in [6.45, 7) is 3.02.